The minimum Gasteiger partial charge on any atom is -0.372 e. The van der Waals surface area contributed by atoms with Crippen LogP contribution in [0.25, 0.3) is 6.08 Å². The molecule has 4 nitrogen and oxygen atoms in total. The van der Waals surface area contributed by atoms with E-state index in [1.165, 1.54) is 30.3 Å². The average Bonchev–Trinajstić information content (AvgIpc) is 2.69. The summed E-state index contributed by atoms with van der Waals surface area (Å²) >= 11 is 0.432. The van der Waals surface area contributed by atoms with Crippen LogP contribution in [-0.2, 0) is 4.79 Å². The van der Waals surface area contributed by atoms with Crippen molar-refractivity contribution in [1.29, 1.82) is 5.26 Å². The van der Waals surface area contributed by atoms with Gasteiger partial charge >= 0.3 is 0 Å². The van der Waals surface area contributed by atoms with Crippen LogP contribution < -0.4 is 10.2 Å². The SMILES string of the molecule is CCN(CC)c1ccc(C=C(C#N)C(=O)Nc2ccc(SC(F)F)cc2)cc1. The molecule has 0 aliphatic rings. The van der Waals surface area contributed by atoms with Crippen LogP contribution >= 0.6 is 11.8 Å². The first kappa shape index (κ1) is 21.5. The average molecular weight is 401 g/mol. The zero-order chi connectivity index (χ0) is 20.5. The van der Waals surface area contributed by atoms with Crippen molar-refractivity contribution in [1.82, 2.24) is 0 Å². The van der Waals surface area contributed by atoms with Crippen LogP contribution in [-0.4, -0.2) is 24.8 Å². The van der Waals surface area contributed by atoms with Gasteiger partial charge in [-0.15, -0.1) is 0 Å². The molecule has 146 valence electrons. The fourth-order valence-electron chi connectivity index (χ4n) is 2.60. The Morgan fingerprint density at radius 2 is 1.75 bits per heavy atom. The molecule has 0 radical (unpaired) electrons. The van der Waals surface area contributed by atoms with Crippen LogP contribution in [0, 0.1) is 11.3 Å². The molecule has 0 spiro atoms. The Morgan fingerprint density at radius 3 is 2.25 bits per heavy atom. The summed E-state index contributed by atoms with van der Waals surface area (Å²) in [7, 11) is 0. The predicted molar refractivity (Wildman–Crippen MR) is 111 cm³/mol. The number of nitrogens with zero attached hydrogens (tertiary/aromatic N) is 2. The van der Waals surface area contributed by atoms with E-state index in [1.807, 2.05) is 30.3 Å². The molecular weight excluding hydrogens is 380 g/mol. The van der Waals surface area contributed by atoms with Gasteiger partial charge < -0.3 is 10.2 Å². The summed E-state index contributed by atoms with van der Waals surface area (Å²) in [6.45, 7) is 5.95. The fourth-order valence-corrected chi connectivity index (χ4v) is 3.10. The third kappa shape index (κ3) is 6.10. The Morgan fingerprint density at radius 1 is 1.14 bits per heavy atom. The van der Waals surface area contributed by atoms with Gasteiger partial charge in [0, 0.05) is 29.4 Å². The highest BCUT2D eigenvalue weighted by Crippen LogP contribution is 2.26. The lowest BCUT2D eigenvalue weighted by Gasteiger charge is -2.20. The molecule has 0 unspecified atom stereocenters. The number of benzene rings is 2. The molecule has 2 aromatic carbocycles. The molecule has 1 amide bonds. The van der Waals surface area contributed by atoms with Gasteiger partial charge in [0.25, 0.3) is 11.7 Å². The first-order chi connectivity index (χ1) is 13.5. The maximum absolute atomic E-state index is 12.3. The molecule has 2 aromatic rings. The van der Waals surface area contributed by atoms with E-state index in [9.17, 15) is 18.8 Å². The molecule has 1 N–H and O–H groups in total. The Bertz CT molecular complexity index is 855. The Kier molecular flexibility index (Phi) is 8.02. The number of carbonyl (C=O) groups excluding carboxylic acids is 1. The zero-order valence-electron chi connectivity index (χ0n) is 15.7. The summed E-state index contributed by atoms with van der Waals surface area (Å²) in [5.74, 6) is -3.05. The van der Waals surface area contributed by atoms with Gasteiger partial charge in [-0.3, -0.25) is 4.79 Å². The Balaban J connectivity index is 2.09. The van der Waals surface area contributed by atoms with E-state index in [-0.39, 0.29) is 5.57 Å². The molecule has 0 saturated carbocycles. The van der Waals surface area contributed by atoms with E-state index in [4.69, 9.17) is 0 Å². The molecule has 28 heavy (non-hydrogen) atoms. The minimum atomic E-state index is -2.50. The topological polar surface area (TPSA) is 56.1 Å². The summed E-state index contributed by atoms with van der Waals surface area (Å²) in [5, 5.41) is 11.9. The van der Waals surface area contributed by atoms with Crippen LogP contribution in [0.4, 0.5) is 20.2 Å². The summed E-state index contributed by atoms with van der Waals surface area (Å²) in [5.41, 5.74) is 2.21. The molecule has 0 aliphatic heterocycles. The van der Waals surface area contributed by atoms with Gasteiger partial charge in [0.2, 0.25) is 0 Å². The van der Waals surface area contributed by atoms with Gasteiger partial charge in [0.1, 0.15) is 11.6 Å². The van der Waals surface area contributed by atoms with Crippen LogP contribution in [0.15, 0.2) is 59.0 Å². The molecule has 0 fully saturated rings. The number of nitrogens with one attached hydrogen (secondary N) is 1. The number of anilines is 2. The highest BCUT2D eigenvalue weighted by atomic mass is 32.2. The smallest absolute Gasteiger partial charge is 0.288 e. The number of alkyl halides is 2. The molecule has 0 atom stereocenters. The van der Waals surface area contributed by atoms with Crippen molar-refractivity contribution >= 4 is 35.1 Å². The molecule has 0 aromatic heterocycles. The number of thioether (sulfide) groups is 1. The predicted octanol–water partition coefficient (Wildman–Crippen LogP) is 5.39. The highest BCUT2D eigenvalue weighted by molar-refractivity contribution is 7.99. The first-order valence-corrected chi connectivity index (χ1v) is 9.67. The van der Waals surface area contributed by atoms with E-state index in [2.05, 4.69) is 24.1 Å². The number of halogens is 2. The van der Waals surface area contributed by atoms with Crippen molar-refractivity contribution in [3.8, 4) is 6.07 Å². The van der Waals surface area contributed by atoms with E-state index < -0.39 is 11.7 Å². The van der Waals surface area contributed by atoms with Crippen molar-refractivity contribution < 1.29 is 13.6 Å². The third-order valence-corrected chi connectivity index (χ3v) is 4.76. The van der Waals surface area contributed by atoms with Crippen molar-refractivity contribution in [3.05, 3.63) is 59.7 Å². The lowest BCUT2D eigenvalue weighted by molar-refractivity contribution is -0.112. The highest BCUT2D eigenvalue weighted by Gasteiger charge is 2.11. The van der Waals surface area contributed by atoms with Crippen molar-refractivity contribution in [2.75, 3.05) is 23.3 Å². The van der Waals surface area contributed by atoms with E-state index >= 15 is 0 Å². The van der Waals surface area contributed by atoms with Crippen LogP contribution in [0.1, 0.15) is 19.4 Å². The van der Waals surface area contributed by atoms with Gasteiger partial charge in [0.05, 0.1) is 0 Å². The van der Waals surface area contributed by atoms with Crippen LogP contribution in [0.5, 0.6) is 0 Å². The number of nitriles is 1. The second-order valence-electron chi connectivity index (χ2n) is 5.79. The zero-order valence-corrected chi connectivity index (χ0v) is 16.5. The minimum absolute atomic E-state index is 0.0402. The van der Waals surface area contributed by atoms with Gasteiger partial charge in [-0.05, 0) is 61.9 Å². The second kappa shape index (κ2) is 10.5. The normalized spacial score (nSPS) is 11.2. The Hall–Kier alpha value is -2.85. The molecule has 7 heteroatoms. The standard InChI is InChI=1S/C21H21F2N3OS/c1-3-26(4-2)18-9-5-15(6-10-18)13-16(14-24)20(27)25-17-7-11-19(12-8-17)28-21(22)23/h5-13,21H,3-4H2,1-2H3,(H,25,27). The van der Waals surface area contributed by atoms with E-state index in [1.54, 1.807) is 0 Å². The van der Waals surface area contributed by atoms with Crippen molar-refractivity contribution in [2.45, 2.75) is 24.5 Å². The quantitative estimate of drug-likeness (QED) is 0.366. The fraction of sp³-hybridized carbons (Fsp3) is 0.238. The molecular formula is C21H21F2N3OS. The second-order valence-corrected chi connectivity index (χ2v) is 6.85. The van der Waals surface area contributed by atoms with E-state index in [0.717, 1.165) is 24.3 Å². The van der Waals surface area contributed by atoms with Crippen molar-refractivity contribution in [3.63, 3.8) is 0 Å². The lowest BCUT2D eigenvalue weighted by atomic mass is 10.1. The summed E-state index contributed by atoms with van der Waals surface area (Å²) in [6.07, 6.45) is 1.52. The van der Waals surface area contributed by atoms with Crippen molar-refractivity contribution in [2.24, 2.45) is 0 Å². The molecule has 2 rings (SSSR count). The molecule has 0 saturated heterocycles. The monoisotopic (exact) mass is 401 g/mol. The number of hydrogen-bond acceptors (Lipinski definition) is 4. The molecule has 0 heterocycles. The van der Waals surface area contributed by atoms with Gasteiger partial charge in [-0.1, -0.05) is 23.9 Å². The van der Waals surface area contributed by atoms with Gasteiger partial charge in [0.15, 0.2) is 0 Å². The number of amides is 1. The van der Waals surface area contributed by atoms with Gasteiger partial charge in [-0.25, -0.2) is 0 Å². The van der Waals surface area contributed by atoms with Crippen LogP contribution in [0.3, 0.4) is 0 Å². The number of carbonyl (C=O) groups is 1. The summed E-state index contributed by atoms with van der Waals surface area (Å²) in [4.78, 5) is 14.9. The Labute approximate surface area is 167 Å². The number of rotatable bonds is 8. The lowest BCUT2D eigenvalue weighted by Crippen LogP contribution is -2.21. The largest absolute Gasteiger partial charge is 0.372 e. The van der Waals surface area contributed by atoms with Crippen LogP contribution in [0.2, 0.25) is 0 Å². The molecule has 0 bridgehead atoms. The van der Waals surface area contributed by atoms with Gasteiger partial charge in [-0.2, -0.15) is 14.0 Å². The van der Waals surface area contributed by atoms with E-state index in [0.29, 0.717) is 22.3 Å². The summed E-state index contributed by atoms with van der Waals surface area (Å²) < 4.78 is 24.7. The molecule has 0 aliphatic carbocycles. The maximum atomic E-state index is 12.3. The summed E-state index contributed by atoms with van der Waals surface area (Å²) in [6, 6.07) is 15.6. The first-order valence-electron chi connectivity index (χ1n) is 8.79. The maximum Gasteiger partial charge on any atom is 0.288 e. The third-order valence-electron chi connectivity index (χ3n) is 4.04. The number of hydrogen-bond donors (Lipinski definition) is 1.